The largest absolute Gasteiger partial charge is 0.368 e. The molecule has 0 bridgehead atoms. The molecule has 0 unspecified atom stereocenters. The second-order valence-corrected chi connectivity index (χ2v) is 4.23. The highest BCUT2D eigenvalue weighted by atomic mass is 31.0. The van der Waals surface area contributed by atoms with E-state index in [0.29, 0.717) is 0 Å². The second kappa shape index (κ2) is 2.84. The van der Waals surface area contributed by atoms with Crippen LogP contribution in [0.1, 0.15) is 5.30 Å². The molecule has 52 valence electrons. The van der Waals surface area contributed by atoms with Crippen LogP contribution in [0.4, 0.5) is 5.42 Å². The van der Waals surface area contributed by atoms with E-state index in [4.69, 9.17) is 0 Å². The molecule has 1 aliphatic rings. The molecule has 0 saturated heterocycles. The van der Waals surface area contributed by atoms with Crippen molar-refractivity contribution in [3.05, 3.63) is 16.9 Å². The molecule has 2 nitrogen and oxygen atoms in total. The van der Waals surface area contributed by atoms with Crippen LogP contribution in [0, 0.1) is 0 Å². The Morgan fingerprint density at radius 3 is 3.10 bits per heavy atom. The Kier molecular flexibility index (Phi) is 1.86. The summed E-state index contributed by atoms with van der Waals surface area (Å²) in [5, 5.41) is 8.08. The minimum atomic E-state index is 0.926. The summed E-state index contributed by atoms with van der Waals surface area (Å²) in [6, 6.07) is 0. The predicted molar refractivity (Wildman–Crippen MR) is 46.8 cm³/mol. The maximum atomic E-state index is 3.32. The third-order valence-electron chi connectivity index (χ3n) is 1.45. The van der Waals surface area contributed by atoms with E-state index in [1.54, 1.807) is 0 Å². The number of fused-ring (bicyclic) bond motifs is 1. The molecule has 0 aromatic carbocycles. The van der Waals surface area contributed by atoms with Crippen LogP contribution >= 0.6 is 16.4 Å². The maximum absolute atomic E-state index is 3.32. The lowest BCUT2D eigenvalue weighted by molar-refractivity contribution is 0.723. The van der Waals surface area contributed by atoms with Crippen molar-refractivity contribution in [3.8, 4) is 0 Å². The van der Waals surface area contributed by atoms with Crippen molar-refractivity contribution in [2.75, 3.05) is 12.0 Å². The van der Waals surface area contributed by atoms with E-state index in [1.165, 1.54) is 27.1 Å². The van der Waals surface area contributed by atoms with Gasteiger partial charge in [0, 0.05) is 11.8 Å². The summed E-state index contributed by atoms with van der Waals surface area (Å²) >= 11 is 0. The molecule has 0 saturated carbocycles. The van der Waals surface area contributed by atoms with Gasteiger partial charge in [-0.25, -0.2) is 0 Å². The van der Waals surface area contributed by atoms with Gasteiger partial charge < -0.3 is 5.32 Å². The highest BCUT2D eigenvalue weighted by molar-refractivity contribution is 7.39. The van der Waals surface area contributed by atoms with Crippen LogP contribution in [0.15, 0.2) is 11.6 Å². The zero-order valence-corrected chi connectivity index (χ0v) is 7.25. The molecule has 0 radical (unpaired) electrons. The summed E-state index contributed by atoms with van der Waals surface area (Å²) in [5.41, 5.74) is 1.41. The molecule has 2 heterocycles. The average Bonchev–Trinajstić information content (AvgIpc) is 2.05. The molecule has 1 aliphatic heterocycles. The molecular weight excluding hydrogens is 162 g/mol. The number of anilines is 1. The summed E-state index contributed by atoms with van der Waals surface area (Å²) < 4.78 is 0. The standard InChI is InChI=1S/C6H8N2P2/c1-2-10-6-5(9-1)3-7-4-8-6/h1-2,7-8H,3-4H2. The number of hydrogen-bond donors (Lipinski definition) is 2. The van der Waals surface area contributed by atoms with Crippen molar-refractivity contribution in [1.82, 2.24) is 5.32 Å². The van der Waals surface area contributed by atoms with Gasteiger partial charge in [-0.3, -0.25) is 5.32 Å². The average molecular weight is 170 g/mol. The summed E-state index contributed by atoms with van der Waals surface area (Å²) in [4.78, 5) is 0. The normalized spacial score (nSPS) is 17.2. The van der Waals surface area contributed by atoms with E-state index in [1.807, 2.05) is 0 Å². The fraction of sp³-hybridized carbons (Fsp3) is 0.333. The molecule has 0 atom stereocenters. The first kappa shape index (κ1) is 6.54. The highest BCUT2D eigenvalue weighted by Crippen LogP contribution is 2.32. The Balaban J connectivity index is 2.41. The molecule has 0 fully saturated rings. The third-order valence-corrected chi connectivity index (χ3v) is 3.83. The monoisotopic (exact) mass is 170 g/mol. The highest BCUT2D eigenvalue weighted by Gasteiger charge is 2.05. The predicted octanol–water partition coefficient (Wildman–Crippen LogP) is 2.32. The van der Waals surface area contributed by atoms with Crippen molar-refractivity contribution in [1.29, 1.82) is 0 Å². The lowest BCUT2D eigenvalue weighted by Gasteiger charge is -2.16. The van der Waals surface area contributed by atoms with Crippen LogP contribution in [0.5, 0.6) is 0 Å². The lowest BCUT2D eigenvalue weighted by atomic mass is 10.5. The summed E-state index contributed by atoms with van der Waals surface area (Å²) in [5.74, 6) is 4.40. The molecule has 1 aromatic rings. The van der Waals surface area contributed by atoms with Crippen LogP contribution < -0.4 is 10.6 Å². The summed E-state index contributed by atoms with van der Waals surface area (Å²) in [6.45, 7) is 1.98. The zero-order chi connectivity index (χ0) is 6.81. The fourth-order valence-corrected chi connectivity index (χ4v) is 2.98. The fourth-order valence-electron chi connectivity index (χ4n) is 0.971. The Morgan fingerprint density at radius 2 is 2.20 bits per heavy atom. The third kappa shape index (κ3) is 1.15. The van der Waals surface area contributed by atoms with Crippen molar-refractivity contribution in [2.45, 2.75) is 6.54 Å². The Hall–Kier alpha value is -0.160. The molecule has 0 aliphatic carbocycles. The first-order valence-electron chi connectivity index (χ1n) is 3.21. The SMILES string of the molecule is c1cpc2c(p1)CNCN2. The van der Waals surface area contributed by atoms with Gasteiger partial charge in [0.05, 0.1) is 12.1 Å². The van der Waals surface area contributed by atoms with Crippen LogP contribution in [0.25, 0.3) is 0 Å². The first-order valence-corrected chi connectivity index (χ1v) is 5.14. The van der Waals surface area contributed by atoms with Crippen LogP contribution in [0.3, 0.4) is 0 Å². The minimum absolute atomic E-state index is 0.926. The van der Waals surface area contributed by atoms with Gasteiger partial charge in [0.2, 0.25) is 0 Å². The quantitative estimate of drug-likeness (QED) is 0.624. The van der Waals surface area contributed by atoms with E-state index >= 15 is 0 Å². The lowest BCUT2D eigenvalue weighted by Crippen LogP contribution is -2.25. The zero-order valence-electron chi connectivity index (χ0n) is 5.46. The molecule has 4 heteroatoms. The molecule has 0 spiro atoms. The van der Waals surface area contributed by atoms with E-state index in [9.17, 15) is 0 Å². The van der Waals surface area contributed by atoms with Crippen molar-refractivity contribution in [2.24, 2.45) is 0 Å². The van der Waals surface area contributed by atoms with E-state index in [2.05, 4.69) is 22.2 Å². The first-order chi connectivity index (χ1) is 4.97. The van der Waals surface area contributed by atoms with Gasteiger partial charge in [-0.1, -0.05) is 8.19 Å². The van der Waals surface area contributed by atoms with Gasteiger partial charge in [0.1, 0.15) is 0 Å². The van der Waals surface area contributed by atoms with Crippen LogP contribution in [-0.4, -0.2) is 6.67 Å². The molecular formula is C6H8N2P2. The van der Waals surface area contributed by atoms with Crippen molar-refractivity contribution >= 4 is 21.8 Å². The smallest absolute Gasteiger partial charge is 0.0718 e. The van der Waals surface area contributed by atoms with E-state index in [0.717, 1.165) is 13.2 Å². The van der Waals surface area contributed by atoms with Crippen molar-refractivity contribution in [3.63, 3.8) is 0 Å². The van der Waals surface area contributed by atoms with Crippen LogP contribution in [-0.2, 0) is 6.54 Å². The summed E-state index contributed by atoms with van der Waals surface area (Å²) in [6.07, 6.45) is 0. The topological polar surface area (TPSA) is 24.1 Å². The number of rotatable bonds is 0. The van der Waals surface area contributed by atoms with Gasteiger partial charge in [-0.05, 0) is 19.8 Å². The second-order valence-electron chi connectivity index (χ2n) is 2.13. The molecule has 2 rings (SSSR count). The maximum Gasteiger partial charge on any atom is 0.0718 e. The van der Waals surface area contributed by atoms with Gasteiger partial charge in [-0.2, -0.15) is 0 Å². The molecule has 2 N–H and O–H groups in total. The van der Waals surface area contributed by atoms with Gasteiger partial charge in [0.15, 0.2) is 0 Å². The van der Waals surface area contributed by atoms with E-state index in [-0.39, 0.29) is 0 Å². The Morgan fingerprint density at radius 1 is 1.30 bits per heavy atom. The molecule has 1 aromatic heterocycles. The Bertz CT molecular complexity index is 214. The number of hydrogen-bond acceptors (Lipinski definition) is 2. The van der Waals surface area contributed by atoms with E-state index < -0.39 is 0 Å². The number of nitrogens with one attached hydrogen (secondary N) is 2. The molecule has 10 heavy (non-hydrogen) atoms. The molecule has 0 amide bonds. The van der Waals surface area contributed by atoms with Crippen molar-refractivity contribution < 1.29 is 0 Å². The van der Waals surface area contributed by atoms with Crippen LogP contribution in [0.2, 0.25) is 0 Å². The van der Waals surface area contributed by atoms with Gasteiger partial charge in [-0.15, -0.1) is 0 Å². The van der Waals surface area contributed by atoms with Gasteiger partial charge in [0.25, 0.3) is 0 Å². The van der Waals surface area contributed by atoms with Gasteiger partial charge >= 0.3 is 0 Å². The minimum Gasteiger partial charge on any atom is -0.368 e. The Labute approximate surface area is 63.3 Å². The summed E-state index contributed by atoms with van der Waals surface area (Å²) in [7, 11) is 2.69.